The summed E-state index contributed by atoms with van der Waals surface area (Å²) >= 11 is 14.8. The molecule has 10 heteroatoms. The van der Waals surface area contributed by atoms with E-state index in [1.165, 1.54) is 29.2 Å². The van der Waals surface area contributed by atoms with Crippen molar-refractivity contribution in [3.63, 3.8) is 0 Å². The van der Waals surface area contributed by atoms with Crippen LogP contribution in [0.5, 0.6) is 5.75 Å². The molecule has 0 aliphatic carbocycles. The quantitative estimate of drug-likeness (QED) is 0.226. The van der Waals surface area contributed by atoms with Gasteiger partial charge in [0.05, 0.1) is 32.7 Å². The molecular weight excluding hydrogens is 525 g/mol. The lowest BCUT2D eigenvalue weighted by Crippen LogP contribution is -2.22. The molecule has 0 aliphatic rings. The minimum absolute atomic E-state index is 0.165. The molecule has 35 heavy (non-hydrogen) atoms. The monoisotopic (exact) mass is 545 g/mol. The summed E-state index contributed by atoms with van der Waals surface area (Å²) in [6, 6.07) is 17.6. The molecule has 1 heterocycles. The van der Waals surface area contributed by atoms with Crippen molar-refractivity contribution in [1.29, 1.82) is 0 Å². The summed E-state index contributed by atoms with van der Waals surface area (Å²) < 4.78 is 6.47. The van der Waals surface area contributed by atoms with Crippen molar-refractivity contribution in [1.82, 2.24) is 4.98 Å². The molecule has 1 unspecified atom stereocenters. The highest BCUT2D eigenvalue weighted by molar-refractivity contribution is 8.00. The van der Waals surface area contributed by atoms with Gasteiger partial charge in [0.25, 0.3) is 5.91 Å². The van der Waals surface area contributed by atoms with Gasteiger partial charge in [0.2, 0.25) is 5.91 Å². The maximum Gasteiger partial charge on any atom is 0.257 e. The van der Waals surface area contributed by atoms with Gasteiger partial charge in [0.15, 0.2) is 5.13 Å². The van der Waals surface area contributed by atoms with E-state index in [1.54, 1.807) is 18.2 Å². The van der Waals surface area contributed by atoms with Crippen LogP contribution in [0.2, 0.25) is 10.0 Å². The Labute approximate surface area is 221 Å². The number of rotatable bonds is 8. The summed E-state index contributed by atoms with van der Waals surface area (Å²) in [5.41, 5.74) is 1.72. The topological polar surface area (TPSA) is 80.3 Å². The van der Waals surface area contributed by atoms with Crippen LogP contribution in [-0.4, -0.2) is 28.7 Å². The molecule has 0 radical (unpaired) electrons. The first-order valence-electron chi connectivity index (χ1n) is 10.7. The number of nitrogens with one attached hydrogen (secondary N) is 2. The number of anilines is 2. The summed E-state index contributed by atoms with van der Waals surface area (Å²) in [6.45, 7) is 4.34. The highest BCUT2D eigenvalue weighted by Crippen LogP contribution is 2.31. The molecule has 6 nitrogen and oxygen atoms in total. The summed E-state index contributed by atoms with van der Waals surface area (Å²) in [4.78, 5) is 30.7. The number of ether oxygens (including phenoxy) is 1. The number of thiazole rings is 1. The smallest absolute Gasteiger partial charge is 0.257 e. The van der Waals surface area contributed by atoms with Crippen LogP contribution in [0.25, 0.3) is 10.2 Å². The second kappa shape index (κ2) is 11.3. The van der Waals surface area contributed by atoms with Crippen LogP contribution in [0, 0.1) is 0 Å². The van der Waals surface area contributed by atoms with Gasteiger partial charge in [-0.2, -0.15) is 0 Å². The predicted octanol–water partition coefficient (Wildman–Crippen LogP) is 7.37. The maximum atomic E-state index is 12.8. The molecule has 0 saturated carbocycles. The van der Waals surface area contributed by atoms with Gasteiger partial charge in [-0.3, -0.25) is 9.59 Å². The van der Waals surface area contributed by atoms with E-state index in [9.17, 15) is 9.59 Å². The number of fused-ring (bicyclic) bond motifs is 1. The summed E-state index contributed by atoms with van der Waals surface area (Å²) in [5, 5.41) is 6.60. The number of carbonyl (C=O) groups excluding carboxylic acids is 2. The van der Waals surface area contributed by atoms with Crippen LogP contribution in [0.4, 0.5) is 10.8 Å². The van der Waals surface area contributed by atoms with Crippen molar-refractivity contribution >= 4 is 79.2 Å². The van der Waals surface area contributed by atoms with Crippen LogP contribution in [0.3, 0.4) is 0 Å². The molecule has 4 aromatic rings. The number of hydrogen-bond donors (Lipinski definition) is 2. The normalized spacial score (nSPS) is 11.8. The average molecular weight is 547 g/mol. The lowest BCUT2D eigenvalue weighted by atomic mass is 10.2. The minimum atomic E-state index is -0.391. The van der Waals surface area contributed by atoms with E-state index in [4.69, 9.17) is 27.9 Å². The molecule has 3 aromatic carbocycles. The van der Waals surface area contributed by atoms with E-state index in [2.05, 4.69) is 15.6 Å². The maximum absolute atomic E-state index is 12.8. The van der Waals surface area contributed by atoms with Crippen molar-refractivity contribution in [3.05, 3.63) is 76.3 Å². The molecule has 1 atom stereocenters. The van der Waals surface area contributed by atoms with E-state index in [-0.39, 0.29) is 16.8 Å². The Morgan fingerprint density at radius 1 is 1.09 bits per heavy atom. The van der Waals surface area contributed by atoms with Gasteiger partial charge in [-0.05, 0) is 68.4 Å². The molecule has 2 amide bonds. The average Bonchev–Trinajstić information content (AvgIpc) is 3.21. The number of carbonyl (C=O) groups is 2. The molecule has 0 bridgehead atoms. The first-order valence-corrected chi connectivity index (χ1v) is 13.1. The van der Waals surface area contributed by atoms with Crippen molar-refractivity contribution in [3.8, 4) is 5.75 Å². The van der Waals surface area contributed by atoms with Gasteiger partial charge in [-0.25, -0.2) is 4.98 Å². The SMILES string of the molecule is CCOc1ccc2nc(NC(=O)C(C)Sc3cccc(NC(=O)c4ccc(Cl)cc4Cl)c3)sc2c1. The second-order valence-corrected chi connectivity index (χ2v) is 10.7. The van der Waals surface area contributed by atoms with Crippen molar-refractivity contribution in [2.45, 2.75) is 24.0 Å². The number of aromatic nitrogens is 1. The van der Waals surface area contributed by atoms with Crippen LogP contribution in [0.1, 0.15) is 24.2 Å². The zero-order valence-electron chi connectivity index (χ0n) is 18.8. The van der Waals surface area contributed by atoms with Gasteiger partial charge in [0, 0.05) is 15.6 Å². The molecule has 4 rings (SSSR count). The van der Waals surface area contributed by atoms with E-state index in [0.717, 1.165) is 20.9 Å². The third-order valence-corrected chi connectivity index (χ3v) is 7.43. The number of benzene rings is 3. The lowest BCUT2D eigenvalue weighted by molar-refractivity contribution is -0.115. The van der Waals surface area contributed by atoms with Crippen molar-refractivity contribution < 1.29 is 14.3 Å². The van der Waals surface area contributed by atoms with E-state index >= 15 is 0 Å². The Hall–Kier alpha value is -2.78. The zero-order valence-corrected chi connectivity index (χ0v) is 21.9. The third kappa shape index (κ3) is 6.46. The van der Waals surface area contributed by atoms with Crippen LogP contribution >= 0.6 is 46.3 Å². The molecule has 1 aromatic heterocycles. The fourth-order valence-electron chi connectivity index (χ4n) is 3.20. The first kappa shape index (κ1) is 25.3. The van der Waals surface area contributed by atoms with Crippen LogP contribution in [-0.2, 0) is 4.79 Å². The molecule has 180 valence electrons. The highest BCUT2D eigenvalue weighted by Gasteiger charge is 2.17. The highest BCUT2D eigenvalue weighted by atomic mass is 35.5. The van der Waals surface area contributed by atoms with Crippen LogP contribution in [0.15, 0.2) is 65.6 Å². The number of hydrogen-bond acceptors (Lipinski definition) is 6. The Morgan fingerprint density at radius 3 is 2.69 bits per heavy atom. The number of thioether (sulfide) groups is 1. The molecular formula is C25H21Cl2N3O3S2. The number of nitrogens with zero attached hydrogens (tertiary/aromatic N) is 1. The Kier molecular flexibility index (Phi) is 8.18. The molecule has 0 spiro atoms. The Morgan fingerprint density at radius 2 is 1.91 bits per heavy atom. The largest absolute Gasteiger partial charge is 0.494 e. The van der Waals surface area contributed by atoms with Gasteiger partial charge in [-0.15, -0.1) is 11.8 Å². The Balaban J connectivity index is 1.39. The van der Waals surface area contributed by atoms with Gasteiger partial charge in [-0.1, -0.05) is 40.6 Å². The van der Waals surface area contributed by atoms with Crippen molar-refractivity contribution in [2.24, 2.45) is 0 Å². The lowest BCUT2D eigenvalue weighted by Gasteiger charge is -2.12. The number of amides is 2. The predicted molar refractivity (Wildman–Crippen MR) is 146 cm³/mol. The fraction of sp³-hybridized carbons (Fsp3) is 0.160. The first-order chi connectivity index (χ1) is 16.8. The summed E-state index contributed by atoms with van der Waals surface area (Å²) in [6.07, 6.45) is 0. The van der Waals surface area contributed by atoms with Gasteiger partial charge in [0.1, 0.15) is 5.75 Å². The summed E-state index contributed by atoms with van der Waals surface area (Å²) in [7, 11) is 0. The Bertz CT molecular complexity index is 1390. The molecule has 0 aliphatic heterocycles. The van der Waals surface area contributed by atoms with E-state index in [0.29, 0.717) is 28.0 Å². The standard InChI is InChI=1S/C25H21Cl2N3O3S2/c1-3-33-17-8-10-21-22(13-17)35-25(29-21)30-23(31)14(2)34-18-6-4-5-16(12-18)28-24(32)19-9-7-15(26)11-20(19)27/h4-14H,3H2,1-2H3,(H,28,32)(H,29,30,31). The molecule has 2 N–H and O–H groups in total. The third-order valence-electron chi connectivity index (χ3n) is 4.85. The van der Waals surface area contributed by atoms with Crippen molar-refractivity contribution in [2.75, 3.05) is 17.2 Å². The van der Waals surface area contributed by atoms with Gasteiger partial charge < -0.3 is 15.4 Å². The number of halogens is 2. The van der Waals surface area contributed by atoms with E-state index in [1.807, 2.05) is 50.2 Å². The van der Waals surface area contributed by atoms with E-state index < -0.39 is 5.25 Å². The zero-order chi connectivity index (χ0) is 24.9. The van der Waals surface area contributed by atoms with Crippen LogP contribution < -0.4 is 15.4 Å². The summed E-state index contributed by atoms with van der Waals surface area (Å²) in [5.74, 6) is 0.264. The molecule has 0 saturated heterocycles. The second-order valence-electron chi connectivity index (χ2n) is 7.44. The minimum Gasteiger partial charge on any atom is -0.494 e. The van der Waals surface area contributed by atoms with Gasteiger partial charge >= 0.3 is 0 Å². The molecule has 0 fully saturated rings. The fourth-order valence-corrected chi connectivity index (χ4v) is 5.52.